The molecule has 104 valence electrons. The van der Waals surface area contributed by atoms with E-state index in [9.17, 15) is 15.0 Å². The van der Waals surface area contributed by atoms with Gasteiger partial charge in [-0.15, -0.1) is 0 Å². The van der Waals surface area contributed by atoms with E-state index in [2.05, 4.69) is 5.32 Å². The Balaban J connectivity index is 2.23. The number of likely N-dealkylation sites (N-methyl/N-ethyl adjacent to an activating group) is 1. The summed E-state index contributed by atoms with van der Waals surface area (Å²) in [5, 5.41) is 22.3. The number of hydrogen-bond donors (Lipinski definition) is 3. The number of rotatable bonds is 3. The Labute approximate surface area is 112 Å². The molecule has 0 saturated carbocycles. The number of nitrogens with zero attached hydrogens (tertiary/aromatic N) is 1. The van der Waals surface area contributed by atoms with Gasteiger partial charge in [0.05, 0.1) is 5.56 Å². The number of amides is 1. The highest BCUT2D eigenvalue weighted by atomic mass is 16.3. The number of phenols is 2. The quantitative estimate of drug-likeness (QED) is 0.720. The van der Waals surface area contributed by atoms with Gasteiger partial charge in [-0.25, -0.2) is 0 Å². The Kier molecular flexibility index (Phi) is 4.27. The van der Waals surface area contributed by atoms with Crippen molar-refractivity contribution in [2.45, 2.75) is 25.3 Å². The Hall–Kier alpha value is -1.75. The van der Waals surface area contributed by atoms with E-state index >= 15 is 0 Å². The zero-order valence-electron chi connectivity index (χ0n) is 11.1. The van der Waals surface area contributed by atoms with Crippen LogP contribution in [0.25, 0.3) is 0 Å². The summed E-state index contributed by atoms with van der Waals surface area (Å²) in [6.07, 6.45) is 3.06. The van der Waals surface area contributed by atoms with Gasteiger partial charge in [-0.2, -0.15) is 0 Å². The Morgan fingerprint density at radius 1 is 1.42 bits per heavy atom. The van der Waals surface area contributed by atoms with Gasteiger partial charge in [0, 0.05) is 19.1 Å². The van der Waals surface area contributed by atoms with Crippen molar-refractivity contribution in [3.63, 3.8) is 0 Å². The van der Waals surface area contributed by atoms with Crippen molar-refractivity contribution in [3.05, 3.63) is 23.8 Å². The molecule has 1 saturated heterocycles. The minimum atomic E-state index is -0.214. The molecule has 5 nitrogen and oxygen atoms in total. The molecule has 0 aromatic heterocycles. The molecule has 1 atom stereocenters. The number of carbonyl (C=O) groups is 1. The van der Waals surface area contributed by atoms with Gasteiger partial charge in [0.1, 0.15) is 11.5 Å². The van der Waals surface area contributed by atoms with E-state index in [0.717, 1.165) is 25.8 Å². The zero-order chi connectivity index (χ0) is 13.8. The van der Waals surface area contributed by atoms with Gasteiger partial charge in [0.15, 0.2) is 0 Å². The van der Waals surface area contributed by atoms with Crippen molar-refractivity contribution in [2.24, 2.45) is 0 Å². The number of carbonyl (C=O) groups excluding carboxylic acids is 1. The van der Waals surface area contributed by atoms with Crippen LogP contribution in [-0.2, 0) is 0 Å². The number of phenolic OH excluding ortho intramolecular Hbond substituents is 2. The molecular formula is C14H20N2O3. The standard InChI is InChI=1S/C14H20N2O3/c1-15-9-10-4-2-3-7-16(10)14(19)12-8-11(17)5-6-13(12)18/h5-6,8,10,15,17-18H,2-4,7,9H2,1H3. The molecular weight excluding hydrogens is 244 g/mol. The first-order valence-electron chi connectivity index (χ1n) is 6.61. The molecule has 1 unspecified atom stereocenters. The summed E-state index contributed by atoms with van der Waals surface area (Å²) in [5.74, 6) is -0.312. The lowest BCUT2D eigenvalue weighted by Crippen LogP contribution is -2.48. The molecule has 0 spiro atoms. The van der Waals surface area contributed by atoms with Crippen molar-refractivity contribution >= 4 is 5.91 Å². The van der Waals surface area contributed by atoms with Gasteiger partial charge >= 0.3 is 0 Å². The van der Waals surface area contributed by atoms with E-state index in [0.29, 0.717) is 6.54 Å². The third-order valence-corrected chi connectivity index (χ3v) is 3.54. The maximum Gasteiger partial charge on any atom is 0.258 e. The number of likely N-dealkylation sites (tertiary alicyclic amines) is 1. The van der Waals surface area contributed by atoms with Crippen LogP contribution in [0.1, 0.15) is 29.6 Å². The Bertz CT molecular complexity index is 460. The van der Waals surface area contributed by atoms with Crippen LogP contribution in [0.2, 0.25) is 0 Å². The monoisotopic (exact) mass is 264 g/mol. The predicted molar refractivity (Wildman–Crippen MR) is 72.4 cm³/mol. The maximum atomic E-state index is 12.5. The molecule has 3 N–H and O–H groups in total. The average Bonchev–Trinajstić information content (AvgIpc) is 2.42. The molecule has 1 aromatic carbocycles. The van der Waals surface area contributed by atoms with E-state index in [1.54, 1.807) is 4.90 Å². The van der Waals surface area contributed by atoms with Crippen molar-refractivity contribution in [1.29, 1.82) is 0 Å². The number of nitrogens with one attached hydrogen (secondary N) is 1. The molecule has 0 radical (unpaired) electrons. The van der Waals surface area contributed by atoms with E-state index in [1.807, 2.05) is 7.05 Å². The first kappa shape index (κ1) is 13.7. The number of hydrogen-bond acceptors (Lipinski definition) is 4. The first-order chi connectivity index (χ1) is 9.13. The molecule has 5 heteroatoms. The lowest BCUT2D eigenvalue weighted by Gasteiger charge is -2.36. The highest BCUT2D eigenvalue weighted by molar-refractivity contribution is 5.97. The zero-order valence-corrected chi connectivity index (χ0v) is 11.1. The van der Waals surface area contributed by atoms with Gasteiger partial charge in [-0.05, 0) is 44.5 Å². The normalized spacial score (nSPS) is 19.4. The smallest absolute Gasteiger partial charge is 0.258 e. The summed E-state index contributed by atoms with van der Waals surface area (Å²) in [7, 11) is 1.86. The fourth-order valence-corrected chi connectivity index (χ4v) is 2.57. The molecule has 1 amide bonds. The number of aromatic hydroxyl groups is 2. The summed E-state index contributed by atoms with van der Waals surface area (Å²) in [6.45, 7) is 1.44. The Morgan fingerprint density at radius 3 is 2.95 bits per heavy atom. The highest BCUT2D eigenvalue weighted by Gasteiger charge is 2.28. The van der Waals surface area contributed by atoms with Crippen LogP contribution < -0.4 is 5.32 Å². The molecule has 1 aromatic rings. The summed E-state index contributed by atoms with van der Waals surface area (Å²) in [5.41, 5.74) is 0.169. The van der Waals surface area contributed by atoms with Crippen molar-refractivity contribution in [1.82, 2.24) is 10.2 Å². The van der Waals surface area contributed by atoms with Crippen molar-refractivity contribution in [3.8, 4) is 11.5 Å². The maximum absolute atomic E-state index is 12.5. The van der Waals surface area contributed by atoms with Crippen LogP contribution in [0.15, 0.2) is 18.2 Å². The van der Waals surface area contributed by atoms with Crippen molar-refractivity contribution < 1.29 is 15.0 Å². The van der Waals surface area contributed by atoms with Crippen LogP contribution in [0, 0.1) is 0 Å². The summed E-state index contributed by atoms with van der Waals surface area (Å²) < 4.78 is 0. The minimum Gasteiger partial charge on any atom is -0.508 e. The van der Waals surface area contributed by atoms with Crippen LogP contribution >= 0.6 is 0 Å². The third-order valence-electron chi connectivity index (χ3n) is 3.54. The molecule has 1 fully saturated rings. The first-order valence-corrected chi connectivity index (χ1v) is 6.61. The fraction of sp³-hybridized carbons (Fsp3) is 0.500. The average molecular weight is 264 g/mol. The third kappa shape index (κ3) is 2.98. The van der Waals surface area contributed by atoms with Crippen LogP contribution in [0.4, 0.5) is 0 Å². The second-order valence-corrected chi connectivity index (χ2v) is 4.91. The molecule has 19 heavy (non-hydrogen) atoms. The van der Waals surface area contributed by atoms with Crippen LogP contribution in [-0.4, -0.2) is 47.2 Å². The predicted octanol–water partition coefficient (Wildman–Crippen LogP) is 1.31. The second kappa shape index (κ2) is 5.93. The van der Waals surface area contributed by atoms with Gasteiger partial charge < -0.3 is 20.4 Å². The van der Waals surface area contributed by atoms with E-state index < -0.39 is 0 Å². The molecule has 2 rings (SSSR count). The largest absolute Gasteiger partial charge is 0.508 e. The van der Waals surface area contributed by atoms with E-state index in [1.165, 1.54) is 18.2 Å². The lowest BCUT2D eigenvalue weighted by atomic mass is 10.0. The van der Waals surface area contributed by atoms with E-state index in [-0.39, 0.29) is 29.0 Å². The van der Waals surface area contributed by atoms with Gasteiger partial charge in [-0.1, -0.05) is 0 Å². The second-order valence-electron chi connectivity index (χ2n) is 4.91. The number of piperidine rings is 1. The number of benzene rings is 1. The minimum absolute atomic E-state index is 0.0108. The van der Waals surface area contributed by atoms with Crippen molar-refractivity contribution in [2.75, 3.05) is 20.1 Å². The van der Waals surface area contributed by atoms with Crippen LogP contribution in [0.3, 0.4) is 0 Å². The SMILES string of the molecule is CNCC1CCCCN1C(=O)c1cc(O)ccc1O. The topological polar surface area (TPSA) is 72.8 Å². The molecule has 0 bridgehead atoms. The summed E-state index contributed by atoms with van der Waals surface area (Å²) >= 11 is 0. The van der Waals surface area contributed by atoms with Gasteiger partial charge in [0.2, 0.25) is 0 Å². The highest BCUT2D eigenvalue weighted by Crippen LogP contribution is 2.26. The van der Waals surface area contributed by atoms with Crippen LogP contribution in [0.5, 0.6) is 11.5 Å². The van der Waals surface area contributed by atoms with Gasteiger partial charge in [-0.3, -0.25) is 4.79 Å². The summed E-state index contributed by atoms with van der Waals surface area (Å²) in [4.78, 5) is 14.3. The molecule has 1 aliphatic heterocycles. The summed E-state index contributed by atoms with van der Waals surface area (Å²) in [6, 6.07) is 4.18. The molecule has 1 heterocycles. The Morgan fingerprint density at radius 2 is 2.21 bits per heavy atom. The molecule has 0 aliphatic carbocycles. The molecule has 1 aliphatic rings. The lowest BCUT2D eigenvalue weighted by molar-refractivity contribution is 0.0611. The van der Waals surface area contributed by atoms with Gasteiger partial charge in [0.25, 0.3) is 5.91 Å². The van der Waals surface area contributed by atoms with E-state index in [4.69, 9.17) is 0 Å². The fourth-order valence-electron chi connectivity index (χ4n) is 2.57.